The van der Waals surface area contributed by atoms with E-state index in [9.17, 15) is 28.8 Å². The number of carbonyl (C=O) groups excluding carboxylic acids is 6. The summed E-state index contributed by atoms with van der Waals surface area (Å²) in [5.41, 5.74) is 9.75. The van der Waals surface area contributed by atoms with Crippen LogP contribution in [0.2, 0.25) is 0 Å². The van der Waals surface area contributed by atoms with Gasteiger partial charge in [0, 0.05) is 146 Å². The fraction of sp³-hybridized carbons (Fsp3) is 0.379. The molecule has 2 N–H and O–H groups in total. The molecule has 6 heterocycles. The van der Waals surface area contributed by atoms with Crippen LogP contribution in [0.1, 0.15) is 165 Å². The highest BCUT2D eigenvalue weighted by Gasteiger charge is 2.55. The zero-order chi connectivity index (χ0) is 92.8. The number of nitrogens with zero attached hydrogens (tertiary/aromatic N) is 14. The average Bonchev–Trinajstić information content (AvgIpc) is 0.724. The second-order valence-electron chi connectivity index (χ2n) is 36.4. The number of alkyl carbamates (subject to hydrolysis) is 1. The van der Waals surface area contributed by atoms with Crippen molar-refractivity contribution < 1.29 is 51.8 Å². The number of rotatable bonds is 12. The number of ether oxygens (including phenoxy) is 3. The predicted molar refractivity (Wildman–Crippen MR) is 486 cm³/mol. The molecule has 8 aliphatic carbocycles. The van der Waals surface area contributed by atoms with Crippen LogP contribution in [0.3, 0.4) is 0 Å². The normalized spacial score (nSPS) is 24.1. The summed E-state index contributed by atoms with van der Waals surface area (Å²) in [6, 6.07) is 32.7. The third-order valence-electron chi connectivity index (χ3n) is 27.5. The number of halogens is 2. The third kappa shape index (κ3) is 16.7. The first kappa shape index (κ1) is 90.6. The van der Waals surface area contributed by atoms with Crippen molar-refractivity contribution in [3.63, 3.8) is 0 Å². The Kier molecular flexibility index (Phi) is 25.2. The Morgan fingerprint density at radius 1 is 0.438 bits per heavy atom. The van der Waals surface area contributed by atoms with Gasteiger partial charge in [0.15, 0.2) is 34.8 Å². The molecule has 4 aromatic carbocycles. The molecule has 0 unspecified atom stereocenters. The standard InChI is InChI=1S/2C30H23FN4O.C23H30N4O4.C20H24N4O3/c2*1-17-22-13-12-21-26(20-9-4-6-10-23(20)31)34-29(19-14-15-33-24-11-7-5-8-18(19)24)35-28(21)30(22,2)16-25(32-3)27(17)36;1-13-15-9-8-14-19(23(15,5)12-16(24-6)18(13)28)26-17(27-20(14)30-7)10-11-25-21(29)31-22(2,3)4;1-11-14-7-6-13-18(20(14,3)10-15(21-4)17(11)26)23-16(24-19(13)27-5)8-9-22-12(2)25/h2*4-11,14-17,22H,12-13H2,1-2H3;12-13,15H,8-11H2,1-5,7H3,(H,25,29);10-11,14H,6-9H2,1-3,5H3,(H,22,25)/t17-,22+,30-;17-,22-,30+;13-,15-,23-;11-,14-,20-/m1011/s1. The summed E-state index contributed by atoms with van der Waals surface area (Å²) in [4.78, 5) is 136. The van der Waals surface area contributed by atoms with E-state index in [0.717, 1.165) is 110 Å². The third-order valence-corrected chi connectivity index (χ3v) is 27.5. The van der Waals surface area contributed by atoms with Gasteiger partial charge in [0.1, 0.15) is 28.9 Å². The molecule has 130 heavy (non-hydrogen) atoms. The summed E-state index contributed by atoms with van der Waals surface area (Å²) in [7, 11) is 3.16. The molecule has 6 aromatic heterocycles. The molecule has 0 aliphatic heterocycles. The minimum absolute atomic E-state index is 0.00611. The number of hydrogen-bond donors (Lipinski definition) is 2. The monoisotopic (exact) mass is 1740 g/mol. The molecule has 8 aliphatic rings. The first-order valence-corrected chi connectivity index (χ1v) is 43.8. The van der Waals surface area contributed by atoms with Crippen molar-refractivity contribution in [2.45, 2.75) is 175 Å². The molecule has 27 heteroatoms. The summed E-state index contributed by atoms with van der Waals surface area (Å²) in [6.45, 7) is 53.5. The van der Waals surface area contributed by atoms with Crippen molar-refractivity contribution in [1.82, 2.24) is 60.5 Å². The second-order valence-corrected chi connectivity index (χ2v) is 36.4. The Morgan fingerprint density at radius 2 is 0.762 bits per heavy atom. The number of benzene rings is 4. The second kappa shape index (κ2) is 36.2. The largest absolute Gasteiger partial charge is 0.481 e. The zero-order valence-electron chi connectivity index (χ0n) is 75.2. The lowest BCUT2D eigenvalue weighted by atomic mass is 9.58. The van der Waals surface area contributed by atoms with Gasteiger partial charge in [0.2, 0.25) is 40.5 Å². The van der Waals surface area contributed by atoms with Crippen LogP contribution in [0.15, 0.2) is 169 Å². The van der Waals surface area contributed by atoms with E-state index in [1.807, 2.05) is 123 Å². The number of Topliss-reactive ketones (excluding diaryl/α,β-unsaturated/α-hetero) is 4. The SMILES string of the molecule is [C-]#[N+]C1=C[C@@]2(C)c3nc(-c4ccnc5ccccc45)nc(-c4ccccc4F)c3CC[C@H]2[C@@H](C)C1=O.[C-]#[N+]C1=C[C@@]2(C)c3nc(-c4ccnc5ccccc45)nc(-c4ccccc4F)c3CC[C@H]2[C@H](C)C1=O.[C-]#[N+]C1=C[C@@]2(C)c3nc(CCNC(=O)OC(C)(C)C)nc(OC)c3CC[C@@H]2[C@@H](C)C1=O.[C-]#[N+]C1=C[C@@]2(C)c3nc(CCNC(C)=O)nc(OC)c3CC[C@@H]2[C@@H](C)C1=O. The molecule has 0 spiro atoms. The molecular weight excluding hydrogens is 1640 g/mol. The van der Waals surface area contributed by atoms with Crippen LogP contribution < -0.4 is 20.1 Å². The summed E-state index contributed by atoms with van der Waals surface area (Å²) in [6.07, 6.45) is 16.8. The maximum absolute atomic E-state index is 15.1. The van der Waals surface area contributed by atoms with Gasteiger partial charge in [0.05, 0.1) is 85.7 Å². The average molecular weight is 1740 g/mol. The molecule has 660 valence electrons. The van der Waals surface area contributed by atoms with Gasteiger partial charge in [-0.2, -0.15) is 9.97 Å². The van der Waals surface area contributed by atoms with E-state index in [-0.39, 0.29) is 111 Å². The van der Waals surface area contributed by atoms with Gasteiger partial charge in [0.25, 0.3) is 0 Å². The van der Waals surface area contributed by atoms with Crippen LogP contribution in [0.5, 0.6) is 11.8 Å². The number of pyridine rings is 2. The van der Waals surface area contributed by atoms with E-state index < -0.39 is 33.4 Å². The van der Waals surface area contributed by atoms with E-state index in [1.165, 1.54) is 19.1 Å². The minimum Gasteiger partial charge on any atom is -0.481 e. The Balaban J connectivity index is 0.000000134. The van der Waals surface area contributed by atoms with Crippen molar-refractivity contribution in [3.05, 3.63) is 283 Å². The van der Waals surface area contributed by atoms with Crippen LogP contribution >= 0.6 is 0 Å². The summed E-state index contributed by atoms with van der Waals surface area (Å²) < 4.78 is 46.6. The first-order chi connectivity index (χ1) is 62.1. The predicted octanol–water partition coefficient (Wildman–Crippen LogP) is 18.1. The van der Waals surface area contributed by atoms with E-state index in [1.54, 1.807) is 87.3 Å². The number of ketones is 4. The number of fused-ring (bicyclic) bond motifs is 14. The van der Waals surface area contributed by atoms with Gasteiger partial charge in [-0.05, 0) is 144 Å². The Labute approximate surface area is 754 Å². The lowest BCUT2D eigenvalue weighted by Crippen LogP contribution is -2.46. The van der Waals surface area contributed by atoms with Gasteiger partial charge < -0.3 is 44.0 Å². The van der Waals surface area contributed by atoms with Crippen molar-refractivity contribution in [2.75, 3.05) is 27.3 Å². The highest BCUT2D eigenvalue weighted by Crippen LogP contribution is 2.56. The Hall–Kier alpha value is -14.2. The lowest BCUT2D eigenvalue weighted by molar-refractivity contribution is -0.122. The van der Waals surface area contributed by atoms with Crippen molar-refractivity contribution in [2.24, 2.45) is 47.3 Å². The van der Waals surface area contributed by atoms with E-state index in [2.05, 4.69) is 63.8 Å². The van der Waals surface area contributed by atoms with Gasteiger partial charge in [-0.1, -0.05) is 140 Å². The van der Waals surface area contributed by atoms with E-state index in [0.29, 0.717) is 103 Å². The topological polar surface area (TPSA) is 301 Å². The zero-order valence-corrected chi connectivity index (χ0v) is 75.2. The molecular formula is C103H100F2N16O9. The number of carbonyl (C=O) groups is 6. The maximum atomic E-state index is 15.1. The molecule has 25 nitrogen and oxygen atoms in total. The van der Waals surface area contributed by atoms with E-state index in [4.69, 9.17) is 70.4 Å². The Bertz CT molecular complexity index is 6410. The molecule has 0 saturated carbocycles. The molecule has 0 fully saturated rings. The molecule has 2 amide bonds. The van der Waals surface area contributed by atoms with Crippen LogP contribution in [-0.2, 0) is 88.9 Å². The highest BCUT2D eigenvalue weighted by atomic mass is 19.1. The van der Waals surface area contributed by atoms with Crippen molar-refractivity contribution in [1.29, 1.82) is 0 Å². The van der Waals surface area contributed by atoms with E-state index >= 15 is 8.78 Å². The number of amides is 2. The molecule has 12 atom stereocenters. The number of hydrogen-bond acceptors (Lipinski definition) is 19. The molecule has 10 aromatic rings. The van der Waals surface area contributed by atoms with Crippen molar-refractivity contribution in [3.8, 4) is 57.1 Å². The number of para-hydroxylation sites is 2. The number of allylic oxidation sites excluding steroid dienone is 8. The molecule has 0 saturated heterocycles. The van der Waals surface area contributed by atoms with Gasteiger partial charge >= 0.3 is 6.09 Å². The van der Waals surface area contributed by atoms with Crippen LogP contribution in [0.4, 0.5) is 13.6 Å². The van der Waals surface area contributed by atoms with Gasteiger partial charge in [-0.25, -0.2) is 62.9 Å². The number of nitrogens with one attached hydrogen (secondary N) is 2. The molecule has 18 rings (SSSR count). The van der Waals surface area contributed by atoms with Crippen LogP contribution in [0, 0.1) is 85.3 Å². The quantitative estimate of drug-likeness (QED) is 0.107. The smallest absolute Gasteiger partial charge is 0.407 e. The number of methoxy groups -OCH3 is 2. The van der Waals surface area contributed by atoms with Crippen LogP contribution in [-0.4, -0.2) is 118 Å². The van der Waals surface area contributed by atoms with Gasteiger partial charge in [-0.15, -0.1) is 0 Å². The van der Waals surface area contributed by atoms with Crippen molar-refractivity contribution >= 4 is 56.9 Å². The summed E-state index contributed by atoms with van der Waals surface area (Å²) in [5, 5.41) is 7.28. The molecule has 0 bridgehead atoms. The summed E-state index contributed by atoms with van der Waals surface area (Å²) in [5.74, 6) is 1.03. The summed E-state index contributed by atoms with van der Waals surface area (Å²) >= 11 is 0. The first-order valence-electron chi connectivity index (χ1n) is 43.8. The number of aromatic nitrogens is 10. The van der Waals surface area contributed by atoms with Gasteiger partial charge in [-0.3, -0.25) is 14.8 Å². The van der Waals surface area contributed by atoms with Crippen LogP contribution in [0.25, 0.3) is 86.5 Å². The Morgan fingerprint density at radius 3 is 1.09 bits per heavy atom. The maximum Gasteiger partial charge on any atom is 0.407 e. The molecule has 0 radical (unpaired) electrons. The lowest BCUT2D eigenvalue weighted by Gasteiger charge is -2.46. The fourth-order valence-electron chi connectivity index (χ4n) is 21.1. The highest BCUT2D eigenvalue weighted by molar-refractivity contribution is 6.03. The fourth-order valence-corrected chi connectivity index (χ4v) is 21.1. The minimum atomic E-state index is -0.651.